The molecule has 0 aliphatic carbocycles. The van der Waals surface area contributed by atoms with Crippen LogP contribution in [0.2, 0.25) is 0 Å². The minimum absolute atomic E-state index is 0.136. The van der Waals surface area contributed by atoms with Gasteiger partial charge in [-0.15, -0.1) is 0 Å². The molecule has 1 aromatic heterocycles. The first-order chi connectivity index (χ1) is 18.7. The Morgan fingerprint density at radius 1 is 0.975 bits per heavy atom. The number of carbonyl (C=O) groups excluding carboxylic acids is 1. The lowest BCUT2D eigenvalue weighted by Crippen LogP contribution is -2.21. The third-order valence-corrected chi connectivity index (χ3v) is 5.84. The number of carboxylic acids is 1. The lowest BCUT2D eigenvalue weighted by molar-refractivity contribution is -0.192. The molecule has 40 heavy (non-hydrogen) atoms. The first-order valence-corrected chi connectivity index (χ1v) is 12.8. The van der Waals surface area contributed by atoms with Crippen molar-refractivity contribution >= 4 is 45.0 Å². The van der Waals surface area contributed by atoms with Crippen LogP contribution < -0.4 is 20.1 Å². The van der Waals surface area contributed by atoms with Crippen molar-refractivity contribution in [3.05, 3.63) is 60.9 Å². The topological polar surface area (TPSA) is 169 Å². The molecule has 216 valence electrons. The molecule has 2 aromatic carbocycles. The molecule has 0 radical (unpaired) electrons. The molecule has 0 saturated heterocycles. The maximum Gasteiger partial charge on any atom is 0.490 e. The Bertz CT molecular complexity index is 1420. The smallest absolute Gasteiger partial charge is 0.482 e. The molecule has 0 atom stereocenters. The number of hydrogen-bond donors (Lipinski definition) is 4. The van der Waals surface area contributed by atoms with E-state index in [1.165, 1.54) is 25.5 Å². The van der Waals surface area contributed by atoms with Crippen LogP contribution in [0, 0.1) is 0 Å². The summed E-state index contributed by atoms with van der Waals surface area (Å²) in [6.45, 7) is 3.36. The number of aromatic nitrogens is 2. The van der Waals surface area contributed by atoms with Gasteiger partial charge < -0.3 is 25.2 Å². The highest BCUT2D eigenvalue weighted by Gasteiger charge is 2.38. The van der Waals surface area contributed by atoms with Crippen LogP contribution in [0.25, 0.3) is 0 Å². The number of carboxylic acid groups (broad SMARTS) is 1. The summed E-state index contributed by atoms with van der Waals surface area (Å²) in [5.41, 5.74) is 1.25. The first-order valence-electron chi connectivity index (χ1n) is 11.3. The van der Waals surface area contributed by atoms with Crippen LogP contribution in [-0.4, -0.2) is 61.4 Å². The van der Waals surface area contributed by atoms with Crippen molar-refractivity contribution in [2.24, 2.45) is 0 Å². The van der Waals surface area contributed by atoms with E-state index in [0.29, 0.717) is 28.8 Å². The highest BCUT2D eigenvalue weighted by atomic mass is 32.2. The number of ether oxygens (including phenoxy) is 2. The van der Waals surface area contributed by atoms with Crippen molar-refractivity contribution in [2.75, 3.05) is 24.3 Å². The second-order valence-electron chi connectivity index (χ2n) is 7.93. The lowest BCUT2D eigenvalue weighted by atomic mass is 10.3. The van der Waals surface area contributed by atoms with Gasteiger partial charge in [-0.2, -0.15) is 13.2 Å². The molecule has 0 saturated carbocycles. The zero-order chi connectivity index (χ0) is 29.9. The average Bonchev–Trinajstić information content (AvgIpc) is 2.87. The zero-order valence-electron chi connectivity index (χ0n) is 21.4. The number of anilines is 4. The normalized spacial score (nSPS) is 11.2. The van der Waals surface area contributed by atoms with Gasteiger partial charge in [0.15, 0.2) is 6.61 Å². The van der Waals surface area contributed by atoms with Crippen molar-refractivity contribution in [3.8, 4) is 5.75 Å². The van der Waals surface area contributed by atoms with Gasteiger partial charge in [0.25, 0.3) is 0 Å². The standard InChI is InChI=1S/C22H25N5O5S.C2HF3O2/c1-15(2)32-22(28)13-31-18-8-4-6-16(10-18)26-20-12-21(25-14-24-20)27-17-7-5-9-19(11-17)33(29,30)23-3;3-2(4,5)1(6)7/h4-12,14-15,23H,13H2,1-3H3,(H2,24,25,26,27);(H,6,7). The van der Waals surface area contributed by atoms with E-state index in [0.717, 1.165) is 0 Å². The quantitative estimate of drug-likeness (QED) is 0.255. The molecule has 0 spiro atoms. The van der Waals surface area contributed by atoms with Crippen LogP contribution >= 0.6 is 0 Å². The lowest BCUT2D eigenvalue weighted by Gasteiger charge is -2.12. The van der Waals surface area contributed by atoms with E-state index in [4.69, 9.17) is 19.4 Å². The van der Waals surface area contributed by atoms with E-state index in [2.05, 4.69) is 25.3 Å². The fourth-order valence-electron chi connectivity index (χ4n) is 2.75. The predicted molar refractivity (Wildman–Crippen MR) is 138 cm³/mol. The first kappa shape index (κ1) is 31.8. The van der Waals surface area contributed by atoms with Gasteiger partial charge in [-0.3, -0.25) is 0 Å². The molecule has 12 nitrogen and oxygen atoms in total. The Balaban J connectivity index is 0.000000708. The van der Waals surface area contributed by atoms with Gasteiger partial charge in [-0.1, -0.05) is 12.1 Å². The molecule has 0 amide bonds. The molecule has 0 fully saturated rings. The van der Waals surface area contributed by atoms with Gasteiger partial charge in [-0.25, -0.2) is 32.7 Å². The predicted octanol–water partition coefficient (Wildman–Crippen LogP) is 3.84. The number of alkyl halides is 3. The molecule has 4 N–H and O–H groups in total. The molecular weight excluding hydrogens is 559 g/mol. The summed E-state index contributed by atoms with van der Waals surface area (Å²) in [5, 5.41) is 13.3. The van der Waals surface area contributed by atoms with Gasteiger partial charge in [0.05, 0.1) is 11.0 Å². The summed E-state index contributed by atoms with van der Waals surface area (Å²) in [6, 6.07) is 15.1. The van der Waals surface area contributed by atoms with Gasteiger partial charge >= 0.3 is 18.1 Å². The molecule has 0 unspecified atom stereocenters. The van der Waals surface area contributed by atoms with E-state index in [-0.39, 0.29) is 17.6 Å². The maximum absolute atomic E-state index is 12.0. The number of rotatable bonds is 10. The summed E-state index contributed by atoms with van der Waals surface area (Å²) < 4.78 is 68.6. The molecular formula is C24H26F3N5O7S. The van der Waals surface area contributed by atoms with E-state index in [1.54, 1.807) is 50.2 Å². The van der Waals surface area contributed by atoms with Crippen molar-refractivity contribution in [2.45, 2.75) is 31.0 Å². The number of carbonyl (C=O) groups is 2. The Morgan fingerprint density at radius 2 is 1.52 bits per heavy atom. The molecule has 0 aliphatic rings. The fourth-order valence-corrected chi connectivity index (χ4v) is 3.53. The number of benzene rings is 2. The van der Waals surface area contributed by atoms with Crippen LogP contribution in [0.5, 0.6) is 5.75 Å². The molecule has 1 heterocycles. The van der Waals surface area contributed by atoms with Crippen molar-refractivity contribution in [3.63, 3.8) is 0 Å². The van der Waals surface area contributed by atoms with E-state index >= 15 is 0 Å². The number of hydrogen-bond acceptors (Lipinski definition) is 10. The molecule has 0 bridgehead atoms. The monoisotopic (exact) mass is 585 g/mol. The number of esters is 1. The Morgan fingerprint density at radius 3 is 2.05 bits per heavy atom. The van der Waals surface area contributed by atoms with Crippen LogP contribution in [0.1, 0.15) is 13.8 Å². The summed E-state index contributed by atoms with van der Waals surface area (Å²) in [6.07, 6.45) is -3.91. The number of sulfonamides is 1. The second kappa shape index (κ2) is 14.1. The average molecular weight is 586 g/mol. The van der Waals surface area contributed by atoms with E-state index in [9.17, 15) is 26.4 Å². The largest absolute Gasteiger partial charge is 0.490 e. The second-order valence-corrected chi connectivity index (χ2v) is 9.82. The van der Waals surface area contributed by atoms with Crippen LogP contribution in [-0.2, 0) is 24.3 Å². The van der Waals surface area contributed by atoms with Crippen molar-refractivity contribution in [1.29, 1.82) is 0 Å². The highest BCUT2D eigenvalue weighted by Crippen LogP contribution is 2.23. The van der Waals surface area contributed by atoms with E-state index in [1.807, 2.05) is 6.07 Å². The van der Waals surface area contributed by atoms with Gasteiger partial charge in [0.1, 0.15) is 23.7 Å². The number of nitrogens with one attached hydrogen (secondary N) is 3. The molecule has 3 rings (SSSR count). The minimum atomic E-state index is -5.08. The summed E-state index contributed by atoms with van der Waals surface area (Å²) in [4.78, 5) is 29.1. The summed E-state index contributed by atoms with van der Waals surface area (Å²) in [5.74, 6) is -1.73. The van der Waals surface area contributed by atoms with Gasteiger partial charge in [0.2, 0.25) is 10.0 Å². The molecule has 3 aromatic rings. The van der Waals surface area contributed by atoms with E-state index < -0.39 is 28.1 Å². The number of aliphatic carboxylic acids is 1. The molecule has 0 aliphatic heterocycles. The highest BCUT2D eigenvalue weighted by molar-refractivity contribution is 7.89. The SMILES string of the molecule is CNS(=O)(=O)c1cccc(Nc2cc(Nc3cccc(OCC(=O)OC(C)C)c3)ncn2)c1.O=C(O)C(F)(F)F. The van der Waals surface area contributed by atoms with Crippen LogP contribution in [0.15, 0.2) is 65.8 Å². The number of halogens is 3. The van der Waals surface area contributed by atoms with Crippen LogP contribution in [0.4, 0.5) is 36.2 Å². The van der Waals surface area contributed by atoms with Gasteiger partial charge in [0, 0.05) is 23.5 Å². The Hall–Kier alpha value is -4.44. The van der Waals surface area contributed by atoms with Crippen molar-refractivity contribution < 1.29 is 45.8 Å². The Labute approximate surface area is 227 Å². The Kier molecular flexibility index (Phi) is 11.2. The third-order valence-electron chi connectivity index (χ3n) is 4.43. The fraction of sp³-hybridized carbons (Fsp3) is 0.250. The van der Waals surface area contributed by atoms with Gasteiger partial charge in [-0.05, 0) is 51.2 Å². The maximum atomic E-state index is 12.0. The number of nitrogens with zero attached hydrogens (tertiary/aromatic N) is 2. The van der Waals surface area contributed by atoms with Crippen LogP contribution in [0.3, 0.4) is 0 Å². The summed E-state index contributed by atoms with van der Waals surface area (Å²) >= 11 is 0. The zero-order valence-corrected chi connectivity index (χ0v) is 22.2. The molecule has 16 heteroatoms. The third kappa shape index (κ3) is 10.7. The minimum Gasteiger partial charge on any atom is -0.482 e. The summed E-state index contributed by atoms with van der Waals surface area (Å²) in [7, 11) is -2.20. The van der Waals surface area contributed by atoms with Crippen molar-refractivity contribution in [1.82, 2.24) is 14.7 Å².